The fourth-order valence-corrected chi connectivity index (χ4v) is 2.41. The molecule has 90 valence electrons. The van der Waals surface area contributed by atoms with Gasteiger partial charge in [0.2, 0.25) is 0 Å². The molecule has 0 heterocycles. The highest BCUT2D eigenvalue weighted by Crippen LogP contribution is 2.27. The van der Waals surface area contributed by atoms with Crippen molar-refractivity contribution < 1.29 is 9.84 Å². The van der Waals surface area contributed by atoms with E-state index in [1.807, 2.05) is 6.92 Å². The Bertz CT molecular complexity index is 175. The van der Waals surface area contributed by atoms with Gasteiger partial charge in [-0.1, -0.05) is 6.92 Å². The number of aliphatic hydroxyl groups is 1. The van der Waals surface area contributed by atoms with Gasteiger partial charge in [-0.2, -0.15) is 0 Å². The third-order valence-corrected chi connectivity index (χ3v) is 3.48. The number of hydrogen-bond donors (Lipinski definition) is 1. The van der Waals surface area contributed by atoms with Gasteiger partial charge in [-0.05, 0) is 39.2 Å². The predicted molar refractivity (Wildman–Crippen MR) is 61.9 cm³/mol. The summed E-state index contributed by atoms with van der Waals surface area (Å²) < 4.78 is 5.35. The summed E-state index contributed by atoms with van der Waals surface area (Å²) in [7, 11) is 2.14. The van der Waals surface area contributed by atoms with Gasteiger partial charge in [0.25, 0.3) is 0 Å². The van der Waals surface area contributed by atoms with Crippen LogP contribution in [0.1, 0.15) is 33.1 Å². The van der Waals surface area contributed by atoms with Crippen molar-refractivity contribution >= 4 is 0 Å². The number of aliphatic hydroxyl groups excluding tert-OH is 1. The normalized spacial score (nSPS) is 32.2. The highest BCUT2D eigenvalue weighted by atomic mass is 16.5. The van der Waals surface area contributed by atoms with Gasteiger partial charge < -0.3 is 14.7 Å². The van der Waals surface area contributed by atoms with E-state index in [9.17, 15) is 5.11 Å². The van der Waals surface area contributed by atoms with Crippen molar-refractivity contribution in [3.63, 3.8) is 0 Å². The van der Waals surface area contributed by atoms with Crippen molar-refractivity contribution in [2.75, 3.05) is 26.8 Å². The van der Waals surface area contributed by atoms with E-state index < -0.39 is 0 Å². The zero-order valence-electron chi connectivity index (χ0n) is 10.3. The molecular weight excluding hydrogens is 190 g/mol. The van der Waals surface area contributed by atoms with E-state index in [1.165, 1.54) is 0 Å². The van der Waals surface area contributed by atoms with Crippen molar-refractivity contribution in [2.24, 2.45) is 5.92 Å². The summed E-state index contributed by atoms with van der Waals surface area (Å²) >= 11 is 0. The molecule has 0 aromatic heterocycles. The van der Waals surface area contributed by atoms with Crippen LogP contribution in [-0.4, -0.2) is 49.0 Å². The molecule has 0 aliphatic heterocycles. The molecule has 0 radical (unpaired) electrons. The van der Waals surface area contributed by atoms with E-state index in [1.54, 1.807) is 0 Å². The molecular formula is C12H25NO2. The monoisotopic (exact) mass is 215 g/mol. The highest BCUT2D eigenvalue weighted by Gasteiger charge is 2.29. The summed E-state index contributed by atoms with van der Waals surface area (Å²) in [6, 6.07) is 0.522. The molecule has 1 aliphatic carbocycles. The molecule has 0 bridgehead atoms. The van der Waals surface area contributed by atoms with Crippen molar-refractivity contribution in [2.45, 2.75) is 45.3 Å². The Morgan fingerprint density at radius 3 is 2.80 bits per heavy atom. The van der Waals surface area contributed by atoms with Crippen LogP contribution in [0.4, 0.5) is 0 Å². The van der Waals surface area contributed by atoms with Crippen LogP contribution in [-0.2, 0) is 4.74 Å². The molecule has 0 spiro atoms. The minimum absolute atomic E-state index is 0.0965. The number of likely N-dealkylation sites (N-methyl/N-ethyl adjacent to an activating group) is 1. The topological polar surface area (TPSA) is 32.7 Å². The largest absolute Gasteiger partial charge is 0.393 e. The standard InChI is InChI=1S/C12H25NO2/c1-4-15-8-7-13(3)12-9-11(14)6-5-10(12)2/h10-12,14H,4-9H2,1-3H3. The maximum Gasteiger partial charge on any atom is 0.0593 e. The summed E-state index contributed by atoms with van der Waals surface area (Å²) in [6.45, 7) is 6.86. The maximum absolute atomic E-state index is 9.66. The van der Waals surface area contributed by atoms with Crippen molar-refractivity contribution in [3.8, 4) is 0 Å². The van der Waals surface area contributed by atoms with Crippen molar-refractivity contribution in [3.05, 3.63) is 0 Å². The minimum Gasteiger partial charge on any atom is -0.393 e. The van der Waals surface area contributed by atoms with E-state index in [2.05, 4.69) is 18.9 Å². The molecule has 1 aliphatic rings. The van der Waals surface area contributed by atoms with Crippen LogP contribution < -0.4 is 0 Å². The smallest absolute Gasteiger partial charge is 0.0593 e. The molecule has 15 heavy (non-hydrogen) atoms. The average Bonchev–Trinajstić information content (AvgIpc) is 2.22. The molecule has 0 saturated heterocycles. The Morgan fingerprint density at radius 2 is 2.13 bits per heavy atom. The van der Waals surface area contributed by atoms with Crippen LogP contribution in [0.5, 0.6) is 0 Å². The first-order valence-electron chi connectivity index (χ1n) is 6.11. The third kappa shape index (κ3) is 4.09. The van der Waals surface area contributed by atoms with Crippen LogP contribution in [0.25, 0.3) is 0 Å². The van der Waals surface area contributed by atoms with Crippen molar-refractivity contribution in [1.82, 2.24) is 4.90 Å². The molecule has 3 unspecified atom stereocenters. The highest BCUT2D eigenvalue weighted by molar-refractivity contribution is 4.83. The van der Waals surface area contributed by atoms with Gasteiger partial charge in [0.15, 0.2) is 0 Å². The molecule has 1 fully saturated rings. The lowest BCUT2D eigenvalue weighted by Crippen LogP contribution is -2.44. The van der Waals surface area contributed by atoms with Crippen molar-refractivity contribution in [1.29, 1.82) is 0 Å². The minimum atomic E-state index is -0.0965. The lowest BCUT2D eigenvalue weighted by atomic mass is 9.83. The predicted octanol–water partition coefficient (Wildman–Crippen LogP) is 1.50. The lowest BCUT2D eigenvalue weighted by Gasteiger charge is -2.38. The summed E-state index contributed by atoms with van der Waals surface area (Å²) in [5.41, 5.74) is 0. The molecule has 3 nitrogen and oxygen atoms in total. The van der Waals surface area contributed by atoms with Crippen LogP contribution >= 0.6 is 0 Å². The Labute approximate surface area is 93.4 Å². The molecule has 0 aromatic rings. The van der Waals surface area contributed by atoms with Gasteiger partial charge in [-0.3, -0.25) is 0 Å². The second-order valence-corrected chi connectivity index (χ2v) is 4.69. The summed E-state index contributed by atoms with van der Waals surface area (Å²) in [4.78, 5) is 2.34. The number of hydrogen-bond acceptors (Lipinski definition) is 3. The molecule has 3 atom stereocenters. The zero-order chi connectivity index (χ0) is 11.3. The van der Waals surface area contributed by atoms with Gasteiger partial charge in [0.05, 0.1) is 12.7 Å². The maximum atomic E-state index is 9.66. The number of nitrogens with zero attached hydrogens (tertiary/aromatic N) is 1. The molecule has 0 aromatic carbocycles. The van der Waals surface area contributed by atoms with Gasteiger partial charge in [0, 0.05) is 19.2 Å². The van der Waals surface area contributed by atoms with Gasteiger partial charge in [-0.25, -0.2) is 0 Å². The SMILES string of the molecule is CCOCCN(C)C1CC(O)CCC1C. The first-order chi connectivity index (χ1) is 7.15. The van der Waals surface area contributed by atoms with E-state index in [0.717, 1.165) is 39.0 Å². The van der Waals surface area contributed by atoms with Crippen LogP contribution in [0.2, 0.25) is 0 Å². The van der Waals surface area contributed by atoms with E-state index >= 15 is 0 Å². The summed E-state index contributed by atoms with van der Waals surface area (Å²) in [5.74, 6) is 0.694. The summed E-state index contributed by atoms with van der Waals surface area (Å²) in [6.07, 6.45) is 2.94. The summed E-state index contributed by atoms with van der Waals surface area (Å²) in [5, 5.41) is 9.66. The fourth-order valence-electron chi connectivity index (χ4n) is 2.41. The molecule has 3 heteroatoms. The van der Waals surface area contributed by atoms with Crippen LogP contribution in [0.3, 0.4) is 0 Å². The zero-order valence-corrected chi connectivity index (χ0v) is 10.3. The first-order valence-corrected chi connectivity index (χ1v) is 6.11. The van der Waals surface area contributed by atoms with Gasteiger partial charge in [-0.15, -0.1) is 0 Å². The van der Waals surface area contributed by atoms with Gasteiger partial charge >= 0.3 is 0 Å². The van der Waals surface area contributed by atoms with E-state index in [4.69, 9.17) is 4.74 Å². The number of rotatable bonds is 5. The van der Waals surface area contributed by atoms with E-state index in [-0.39, 0.29) is 6.10 Å². The molecule has 1 N–H and O–H groups in total. The lowest BCUT2D eigenvalue weighted by molar-refractivity contribution is 0.0289. The Balaban J connectivity index is 2.32. The fraction of sp³-hybridized carbons (Fsp3) is 1.00. The second kappa shape index (κ2) is 6.46. The average molecular weight is 215 g/mol. The Hall–Kier alpha value is -0.120. The van der Waals surface area contributed by atoms with E-state index in [0.29, 0.717) is 12.0 Å². The second-order valence-electron chi connectivity index (χ2n) is 4.69. The number of ether oxygens (including phenoxy) is 1. The molecule has 1 rings (SSSR count). The third-order valence-electron chi connectivity index (χ3n) is 3.48. The van der Waals surface area contributed by atoms with Crippen LogP contribution in [0.15, 0.2) is 0 Å². The quantitative estimate of drug-likeness (QED) is 0.706. The first kappa shape index (κ1) is 12.9. The van der Waals surface area contributed by atoms with Gasteiger partial charge in [0.1, 0.15) is 0 Å². The molecule has 0 amide bonds. The molecule has 1 saturated carbocycles. The Kier molecular flexibility index (Phi) is 5.58. The van der Waals surface area contributed by atoms with Crippen LogP contribution in [0, 0.1) is 5.92 Å². The Morgan fingerprint density at radius 1 is 1.40 bits per heavy atom.